The van der Waals surface area contributed by atoms with Crippen molar-refractivity contribution in [2.24, 2.45) is 5.92 Å². The number of halogens is 1. The van der Waals surface area contributed by atoms with Gasteiger partial charge in [-0.1, -0.05) is 6.07 Å². The summed E-state index contributed by atoms with van der Waals surface area (Å²) in [6, 6.07) is 16.8. The SMILES string of the molecule is O=C(Nc1ccc(OC2CCN(C(=O)c3cccc(F)c3)CC2)cc1)C1CN(c2cccnn2)C1. The lowest BCUT2D eigenvalue weighted by Crippen LogP contribution is -2.52. The predicted octanol–water partition coefficient (Wildman–Crippen LogP) is 3.37. The Morgan fingerprint density at radius 2 is 1.77 bits per heavy atom. The Morgan fingerprint density at radius 3 is 2.46 bits per heavy atom. The quantitative estimate of drug-likeness (QED) is 0.588. The summed E-state index contributed by atoms with van der Waals surface area (Å²) in [4.78, 5) is 28.9. The maximum Gasteiger partial charge on any atom is 0.253 e. The molecule has 3 aromatic rings. The van der Waals surface area contributed by atoms with Crippen LogP contribution in [-0.4, -0.2) is 59.2 Å². The topological polar surface area (TPSA) is 87.7 Å². The van der Waals surface area contributed by atoms with E-state index in [1.807, 2.05) is 41.3 Å². The van der Waals surface area contributed by atoms with Crippen LogP contribution in [0.25, 0.3) is 0 Å². The third-order valence-corrected chi connectivity index (χ3v) is 6.36. The minimum Gasteiger partial charge on any atom is -0.490 e. The van der Waals surface area contributed by atoms with Gasteiger partial charge in [-0.3, -0.25) is 9.59 Å². The molecule has 5 rings (SSSR count). The summed E-state index contributed by atoms with van der Waals surface area (Å²) in [5.74, 6) is 0.819. The Hall–Kier alpha value is -4.01. The molecule has 2 fully saturated rings. The van der Waals surface area contributed by atoms with Crippen LogP contribution in [0.4, 0.5) is 15.9 Å². The Kier molecular flexibility index (Phi) is 6.56. The van der Waals surface area contributed by atoms with E-state index in [-0.39, 0.29) is 23.8 Å². The smallest absolute Gasteiger partial charge is 0.253 e. The number of amides is 2. The highest BCUT2D eigenvalue weighted by molar-refractivity contribution is 5.95. The molecule has 8 nitrogen and oxygen atoms in total. The first-order valence-corrected chi connectivity index (χ1v) is 11.7. The minimum atomic E-state index is -0.412. The summed E-state index contributed by atoms with van der Waals surface area (Å²) in [7, 11) is 0. The summed E-state index contributed by atoms with van der Waals surface area (Å²) in [6.07, 6.45) is 3.02. The second-order valence-electron chi connectivity index (χ2n) is 8.82. The van der Waals surface area contributed by atoms with Crippen molar-refractivity contribution in [3.8, 4) is 5.75 Å². The van der Waals surface area contributed by atoms with Crippen LogP contribution in [0.1, 0.15) is 23.2 Å². The molecule has 0 radical (unpaired) electrons. The first kappa shape index (κ1) is 22.8. The fourth-order valence-electron chi connectivity index (χ4n) is 4.33. The van der Waals surface area contributed by atoms with Gasteiger partial charge in [0, 0.05) is 56.5 Å². The number of hydrogen-bond donors (Lipinski definition) is 1. The van der Waals surface area contributed by atoms with E-state index in [0.717, 1.165) is 17.3 Å². The largest absolute Gasteiger partial charge is 0.490 e. The summed E-state index contributed by atoms with van der Waals surface area (Å²) >= 11 is 0. The number of likely N-dealkylation sites (tertiary alicyclic amines) is 1. The number of ether oxygens (including phenoxy) is 1. The molecule has 35 heavy (non-hydrogen) atoms. The first-order chi connectivity index (χ1) is 17.0. The van der Waals surface area contributed by atoms with Crippen molar-refractivity contribution >= 4 is 23.3 Å². The number of rotatable bonds is 6. The zero-order valence-corrected chi connectivity index (χ0v) is 19.1. The van der Waals surface area contributed by atoms with Gasteiger partial charge in [-0.25, -0.2) is 4.39 Å². The molecule has 0 spiro atoms. The summed E-state index contributed by atoms with van der Waals surface area (Å²) in [5, 5.41) is 10.9. The molecule has 0 atom stereocenters. The van der Waals surface area contributed by atoms with E-state index in [0.29, 0.717) is 44.6 Å². The molecule has 0 saturated carbocycles. The van der Waals surface area contributed by atoms with Gasteiger partial charge in [-0.2, -0.15) is 5.10 Å². The number of benzene rings is 2. The van der Waals surface area contributed by atoms with Crippen LogP contribution in [0, 0.1) is 11.7 Å². The molecule has 3 heterocycles. The highest BCUT2D eigenvalue weighted by Crippen LogP contribution is 2.25. The van der Waals surface area contributed by atoms with Gasteiger partial charge in [0.15, 0.2) is 5.82 Å². The number of nitrogens with one attached hydrogen (secondary N) is 1. The van der Waals surface area contributed by atoms with Crippen LogP contribution in [-0.2, 0) is 4.79 Å². The molecule has 2 aromatic carbocycles. The number of piperidine rings is 1. The standard InChI is InChI=1S/C26H26FN5O3/c27-20-4-1-3-18(15-20)26(34)31-13-10-23(11-14-31)35-22-8-6-21(7-9-22)29-25(33)19-16-32(17-19)24-5-2-12-28-30-24/h1-9,12,15,19,23H,10-11,13-14,16-17H2,(H,29,33). The van der Waals surface area contributed by atoms with Gasteiger partial charge in [-0.15, -0.1) is 5.10 Å². The lowest BCUT2D eigenvalue weighted by atomic mass is 9.99. The van der Waals surface area contributed by atoms with Gasteiger partial charge < -0.3 is 19.9 Å². The van der Waals surface area contributed by atoms with Crippen molar-refractivity contribution in [1.82, 2.24) is 15.1 Å². The molecule has 0 unspecified atom stereocenters. The van der Waals surface area contributed by atoms with Crippen molar-refractivity contribution in [2.75, 3.05) is 36.4 Å². The van der Waals surface area contributed by atoms with Crippen molar-refractivity contribution in [3.63, 3.8) is 0 Å². The average Bonchev–Trinajstić information content (AvgIpc) is 2.85. The Bertz CT molecular complexity index is 1180. The van der Waals surface area contributed by atoms with Gasteiger partial charge in [0.2, 0.25) is 5.91 Å². The molecule has 0 bridgehead atoms. The van der Waals surface area contributed by atoms with Crippen molar-refractivity contribution in [1.29, 1.82) is 0 Å². The minimum absolute atomic E-state index is 0.00551. The number of hydrogen-bond acceptors (Lipinski definition) is 6. The fourth-order valence-corrected chi connectivity index (χ4v) is 4.33. The number of anilines is 2. The van der Waals surface area contributed by atoms with Crippen LogP contribution >= 0.6 is 0 Å². The van der Waals surface area contributed by atoms with Gasteiger partial charge in [0.25, 0.3) is 5.91 Å². The van der Waals surface area contributed by atoms with Gasteiger partial charge in [-0.05, 0) is 54.6 Å². The van der Waals surface area contributed by atoms with E-state index in [1.54, 1.807) is 23.2 Å². The summed E-state index contributed by atoms with van der Waals surface area (Å²) in [6.45, 7) is 2.35. The van der Waals surface area contributed by atoms with Crippen LogP contribution < -0.4 is 15.0 Å². The monoisotopic (exact) mass is 475 g/mol. The van der Waals surface area contributed by atoms with Crippen LogP contribution in [0.3, 0.4) is 0 Å². The molecule has 0 aliphatic carbocycles. The Labute approximate surface area is 202 Å². The zero-order chi connectivity index (χ0) is 24.2. The molecule has 2 amide bonds. The molecule has 9 heteroatoms. The number of carbonyl (C=O) groups excluding carboxylic acids is 2. The molecule has 2 saturated heterocycles. The summed E-state index contributed by atoms with van der Waals surface area (Å²) < 4.78 is 19.5. The van der Waals surface area contributed by atoms with Gasteiger partial charge >= 0.3 is 0 Å². The van der Waals surface area contributed by atoms with Crippen molar-refractivity contribution < 1.29 is 18.7 Å². The number of carbonyl (C=O) groups is 2. The van der Waals surface area contributed by atoms with Crippen LogP contribution in [0.5, 0.6) is 5.75 Å². The van der Waals surface area contributed by atoms with E-state index in [1.165, 1.54) is 12.1 Å². The molecule has 1 N–H and O–H groups in total. The third kappa shape index (κ3) is 5.40. The van der Waals surface area contributed by atoms with E-state index < -0.39 is 5.82 Å². The average molecular weight is 476 g/mol. The first-order valence-electron chi connectivity index (χ1n) is 11.7. The molecule has 2 aliphatic rings. The van der Waals surface area contributed by atoms with Crippen LogP contribution in [0.2, 0.25) is 0 Å². The molecule has 2 aliphatic heterocycles. The second kappa shape index (κ2) is 10.1. The lowest BCUT2D eigenvalue weighted by molar-refractivity contribution is -0.120. The fraction of sp³-hybridized carbons (Fsp3) is 0.308. The van der Waals surface area contributed by atoms with E-state index in [9.17, 15) is 14.0 Å². The third-order valence-electron chi connectivity index (χ3n) is 6.36. The molecule has 1 aromatic heterocycles. The predicted molar refractivity (Wildman–Crippen MR) is 129 cm³/mol. The summed E-state index contributed by atoms with van der Waals surface area (Å²) in [5.41, 5.74) is 1.08. The van der Waals surface area contributed by atoms with Crippen molar-refractivity contribution in [2.45, 2.75) is 18.9 Å². The second-order valence-corrected chi connectivity index (χ2v) is 8.82. The number of aromatic nitrogens is 2. The zero-order valence-electron chi connectivity index (χ0n) is 19.1. The Morgan fingerprint density at radius 1 is 1.00 bits per heavy atom. The maximum atomic E-state index is 13.4. The normalized spacial score (nSPS) is 16.5. The lowest BCUT2D eigenvalue weighted by Gasteiger charge is -2.38. The highest BCUT2D eigenvalue weighted by Gasteiger charge is 2.33. The van der Waals surface area contributed by atoms with Crippen LogP contribution in [0.15, 0.2) is 66.9 Å². The van der Waals surface area contributed by atoms with Crippen molar-refractivity contribution in [3.05, 3.63) is 78.2 Å². The Balaban J connectivity index is 1.06. The van der Waals surface area contributed by atoms with E-state index >= 15 is 0 Å². The molecule has 180 valence electrons. The van der Waals surface area contributed by atoms with E-state index in [4.69, 9.17) is 4.74 Å². The van der Waals surface area contributed by atoms with Gasteiger partial charge in [0.05, 0.1) is 5.92 Å². The molecular weight excluding hydrogens is 449 g/mol. The van der Waals surface area contributed by atoms with Gasteiger partial charge in [0.1, 0.15) is 17.7 Å². The maximum absolute atomic E-state index is 13.4. The van der Waals surface area contributed by atoms with E-state index in [2.05, 4.69) is 15.5 Å². The number of nitrogens with zero attached hydrogens (tertiary/aromatic N) is 4. The highest BCUT2D eigenvalue weighted by atomic mass is 19.1. The molecular formula is C26H26FN5O3.